The second kappa shape index (κ2) is 31.3. The first-order valence-electron chi connectivity index (χ1n) is 38.7. The number of rotatable bonds is 6. The molecule has 8 aliphatic heterocycles. The van der Waals surface area contributed by atoms with Crippen molar-refractivity contribution < 1.29 is 18.0 Å². The van der Waals surface area contributed by atoms with Gasteiger partial charge in [0.1, 0.15) is 10.0 Å². The van der Waals surface area contributed by atoms with Crippen molar-refractivity contribution in [2.24, 2.45) is 0 Å². The first-order chi connectivity index (χ1) is 52.0. The van der Waals surface area contributed by atoms with Gasteiger partial charge >= 0.3 is 22.3 Å². The van der Waals surface area contributed by atoms with Gasteiger partial charge in [0.05, 0.1) is 5.69 Å². The van der Waals surface area contributed by atoms with E-state index in [2.05, 4.69) is 186 Å². The largest absolute Gasteiger partial charge is 0.373 e. The molecule has 107 heavy (non-hydrogen) atoms. The van der Waals surface area contributed by atoms with Crippen molar-refractivity contribution in [3.05, 3.63) is 210 Å². The van der Waals surface area contributed by atoms with Gasteiger partial charge in [-0.25, -0.2) is 14.3 Å². The van der Waals surface area contributed by atoms with Gasteiger partial charge in [0.15, 0.2) is 0 Å². The number of nitrogens with one attached hydrogen (secondary N) is 4. The molecule has 4 amide bonds. The minimum absolute atomic E-state index is 0.0877. The fraction of sp³-hybridized carbons (Fsp3) is 0.435. The number of aromatic nitrogens is 4. The van der Waals surface area contributed by atoms with Gasteiger partial charge in [0, 0.05) is 155 Å². The first kappa shape index (κ1) is 73.6. The Morgan fingerprint density at radius 3 is 1.03 bits per heavy atom. The summed E-state index contributed by atoms with van der Waals surface area (Å²) in [6, 6.07) is 62.5. The second-order valence-electron chi connectivity index (χ2n) is 31.4. The second-order valence-corrected chi connectivity index (χ2v) is 35.1. The normalized spacial score (nSPS) is 19.8. The molecule has 22 heteroatoms. The third-order valence-corrected chi connectivity index (χ3v) is 28.2. The number of likely N-dealkylation sites (tertiary alicyclic amines) is 2. The van der Waals surface area contributed by atoms with Gasteiger partial charge in [-0.1, -0.05) is 213 Å². The number of hydrogen-bond donors (Lipinski definition) is 4. The maximum absolute atomic E-state index is 12.9. The molecule has 10 heterocycles. The van der Waals surface area contributed by atoms with Crippen molar-refractivity contribution in [1.82, 2.24) is 40.2 Å². The van der Waals surface area contributed by atoms with E-state index in [1.807, 2.05) is 89.8 Å². The molecule has 560 valence electrons. The number of anilines is 7. The van der Waals surface area contributed by atoms with Gasteiger partial charge in [0.25, 0.3) is 0 Å². The molecular weight excluding hydrogens is 1390 g/mol. The van der Waals surface area contributed by atoms with Crippen LogP contribution in [0.15, 0.2) is 182 Å². The van der Waals surface area contributed by atoms with E-state index in [1.165, 1.54) is 172 Å². The lowest BCUT2D eigenvalue weighted by Crippen LogP contribution is -2.49. The lowest BCUT2D eigenvalue weighted by molar-refractivity contribution is 0.172. The molecule has 2 saturated carbocycles. The number of benzene rings is 7. The molecule has 10 aliphatic rings. The van der Waals surface area contributed by atoms with Crippen molar-refractivity contribution in [1.29, 1.82) is 0 Å². The summed E-state index contributed by atoms with van der Waals surface area (Å²) in [5, 5.41) is 28.4. The zero-order chi connectivity index (χ0) is 73.8. The maximum Gasteiger partial charge on any atom is 0.323 e. The standard InChI is InChI=1S/C22H24N6O3S2.C22H23N5OS.2C14H19N.C13H18N2/c1-23-33(30,31)28-15-22(17-9-5-6-10-18(17)28)11-13-27(14-12-22)21(29)24-20-26-25-19(32-20)16-7-3-2-4-8-16;1-26-15-22(17-9-5-6-10-18(17)26)11-13-27(14-12-22)21(28)23-20-25-24-19(29-20)16-7-3-2-4-8-16;2*1-15-11-14(9-5-2-6-10-14)12-7-3-4-8-13(12)15;1-15-10-13(6-8-14-9-7-13)11-4-2-3-5-12(11)15/h2-10,23H,11-15H2,1H3,(H,24,26,29);2-10H,11-15H2,1H3,(H,23,25,28);2*3-4,7-8H,2,5-6,9-11H2,1H3;2-5,14H,6-10H2,1H3. The SMILES string of the molecule is CN1CC2(CCCCC2)c2ccccc21.CN1CC2(CCCCC2)c2ccccc21.CN1CC2(CCN(C(=O)Nc3nnc(-c4ccccc4)s3)CC2)c2ccccc21.CN1CC2(CCNCC2)c2ccccc21.CNS(=O)(=O)N1CC2(CCN(C(=O)Nc3nnc(-c4ccccc4)s3)CC2)c2ccccc21. The van der Waals surface area contributed by atoms with Gasteiger partial charge in [-0.05, 0) is 135 Å². The van der Waals surface area contributed by atoms with E-state index in [1.54, 1.807) is 21.6 Å². The van der Waals surface area contributed by atoms with E-state index in [0.29, 0.717) is 64.7 Å². The van der Waals surface area contributed by atoms with Gasteiger partial charge in [-0.2, -0.15) is 8.42 Å². The Balaban J connectivity index is 0.000000112. The molecule has 2 aromatic heterocycles. The minimum Gasteiger partial charge on any atom is -0.373 e. The molecule has 0 bridgehead atoms. The fourth-order valence-electron chi connectivity index (χ4n) is 19.5. The zero-order valence-corrected chi connectivity index (χ0v) is 65.1. The van der Waals surface area contributed by atoms with Crippen LogP contribution in [0.1, 0.15) is 131 Å². The van der Waals surface area contributed by atoms with Crippen molar-refractivity contribution >= 4 is 83.6 Å². The van der Waals surface area contributed by atoms with E-state index in [9.17, 15) is 18.0 Å². The molecule has 0 atom stereocenters. The molecule has 19 nitrogen and oxygen atoms in total. The summed E-state index contributed by atoms with van der Waals surface area (Å²) in [4.78, 5) is 38.9. The van der Waals surface area contributed by atoms with E-state index in [0.717, 1.165) is 59.2 Å². The first-order valence-corrected chi connectivity index (χ1v) is 41.7. The summed E-state index contributed by atoms with van der Waals surface area (Å²) in [5.74, 6) is 0. The number of amides is 4. The molecule has 9 aromatic rings. The number of hydrogen-bond acceptors (Lipinski definition) is 15. The number of carbonyl (C=O) groups excluding carboxylic acids is 2. The average molecular weight is 1500 g/mol. The van der Waals surface area contributed by atoms with Crippen LogP contribution < -0.4 is 44.6 Å². The van der Waals surface area contributed by atoms with Crippen molar-refractivity contribution in [3.8, 4) is 21.1 Å². The summed E-state index contributed by atoms with van der Waals surface area (Å²) >= 11 is 2.73. The predicted molar refractivity (Wildman–Crippen MR) is 438 cm³/mol. The number of urea groups is 2. The summed E-state index contributed by atoms with van der Waals surface area (Å²) in [6.07, 6.45) is 20.0. The highest BCUT2D eigenvalue weighted by Gasteiger charge is 2.50. The maximum atomic E-state index is 12.9. The highest BCUT2D eigenvalue weighted by atomic mass is 32.2. The third-order valence-electron chi connectivity index (χ3n) is 25.0. The highest BCUT2D eigenvalue weighted by molar-refractivity contribution is 7.90. The van der Waals surface area contributed by atoms with E-state index in [4.69, 9.17) is 0 Å². The van der Waals surface area contributed by atoms with E-state index < -0.39 is 10.2 Å². The van der Waals surface area contributed by atoms with Gasteiger partial charge in [0.2, 0.25) is 10.3 Å². The van der Waals surface area contributed by atoms with Crippen LogP contribution in [0.4, 0.5) is 48.3 Å². The lowest BCUT2D eigenvalue weighted by Gasteiger charge is -2.39. The third kappa shape index (κ3) is 15.0. The van der Waals surface area contributed by atoms with Crippen LogP contribution in [0.2, 0.25) is 0 Å². The van der Waals surface area contributed by atoms with E-state index in [-0.39, 0.29) is 22.9 Å². The quantitative estimate of drug-likeness (QED) is 0.123. The molecular formula is C85H103N15O4S3. The van der Waals surface area contributed by atoms with E-state index >= 15 is 0 Å². The van der Waals surface area contributed by atoms with Gasteiger partial charge in [-0.15, -0.1) is 20.4 Å². The number of piperidine rings is 3. The fourth-order valence-corrected chi connectivity index (χ4v) is 22.0. The Hall–Kier alpha value is -8.93. The lowest BCUT2D eigenvalue weighted by atomic mass is 9.71. The molecule has 2 aliphatic carbocycles. The average Bonchev–Trinajstić information content (AvgIpc) is 1.57. The number of para-hydroxylation sites is 5. The Morgan fingerprint density at radius 1 is 0.374 bits per heavy atom. The molecule has 0 unspecified atom stereocenters. The van der Waals surface area contributed by atoms with Crippen LogP contribution in [0.25, 0.3) is 21.1 Å². The molecule has 0 radical (unpaired) electrons. The highest BCUT2D eigenvalue weighted by Crippen LogP contribution is 2.53. The zero-order valence-electron chi connectivity index (χ0n) is 62.7. The van der Waals surface area contributed by atoms with Crippen molar-refractivity contribution in [3.63, 3.8) is 0 Å². The predicted octanol–water partition coefficient (Wildman–Crippen LogP) is 15.7. The molecule has 3 saturated heterocycles. The molecule has 19 rings (SSSR count). The number of likely N-dealkylation sites (N-methyl/N-ethyl adjacent to an activating group) is 4. The minimum atomic E-state index is -3.60. The van der Waals surface area contributed by atoms with Crippen molar-refractivity contribution in [2.45, 2.75) is 130 Å². The Labute approximate surface area is 640 Å². The van der Waals surface area contributed by atoms with Crippen LogP contribution in [0.5, 0.6) is 0 Å². The van der Waals surface area contributed by atoms with Crippen LogP contribution >= 0.6 is 22.7 Å². The van der Waals surface area contributed by atoms with Crippen LogP contribution in [-0.2, 0) is 37.3 Å². The smallest absolute Gasteiger partial charge is 0.323 e. The Morgan fingerprint density at radius 2 is 0.673 bits per heavy atom. The number of nitrogens with zero attached hydrogens (tertiary/aromatic N) is 11. The van der Waals surface area contributed by atoms with Crippen LogP contribution in [0.3, 0.4) is 0 Å². The van der Waals surface area contributed by atoms with Gasteiger partial charge < -0.3 is 34.7 Å². The molecule has 5 fully saturated rings. The van der Waals surface area contributed by atoms with Crippen LogP contribution in [-0.4, -0.2) is 158 Å². The van der Waals surface area contributed by atoms with Gasteiger partial charge in [-0.3, -0.25) is 14.9 Å². The number of fused-ring (bicyclic) bond motifs is 10. The Kier molecular flexibility index (Phi) is 21.6. The Bertz CT molecular complexity index is 4500. The van der Waals surface area contributed by atoms with Crippen LogP contribution in [0, 0.1) is 0 Å². The summed E-state index contributed by atoms with van der Waals surface area (Å²) < 4.78 is 29.1. The monoisotopic (exact) mass is 1490 g/mol. The molecule has 7 aromatic carbocycles. The molecule has 4 N–H and O–H groups in total. The number of carbonyl (C=O) groups is 2. The molecule has 5 spiro atoms. The topological polar surface area (TPSA) is 191 Å². The summed E-state index contributed by atoms with van der Waals surface area (Å²) in [5.41, 5.74) is 17.0. The van der Waals surface area contributed by atoms with Crippen molar-refractivity contribution in [2.75, 3.05) is 142 Å². The summed E-state index contributed by atoms with van der Waals surface area (Å²) in [7, 11) is 6.68. The summed E-state index contributed by atoms with van der Waals surface area (Å²) in [6.45, 7) is 9.98.